The van der Waals surface area contributed by atoms with Gasteiger partial charge >= 0.3 is 0 Å². The van der Waals surface area contributed by atoms with Gasteiger partial charge in [-0.15, -0.1) is 12.4 Å². The maximum atomic E-state index is 12.7. The molecular weight excluding hydrogens is 356 g/mol. The van der Waals surface area contributed by atoms with Crippen molar-refractivity contribution in [2.75, 3.05) is 31.6 Å². The molecule has 2 aromatic rings. The van der Waals surface area contributed by atoms with E-state index in [0.29, 0.717) is 18.3 Å². The van der Waals surface area contributed by atoms with E-state index >= 15 is 0 Å². The molecule has 0 spiro atoms. The van der Waals surface area contributed by atoms with E-state index in [1.807, 2.05) is 25.5 Å². The van der Waals surface area contributed by atoms with Crippen molar-refractivity contribution in [1.82, 2.24) is 25.3 Å². The third kappa shape index (κ3) is 3.92. The van der Waals surface area contributed by atoms with Gasteiger partial charge in [-0.3, -0.25) is 14.6 Å². The molecule has 4 heterocycles. The van der Waals surface area contributed by atoms with Crippen molar-refractivity contribution in [1.29, 1.82) is 0 Å². The number of anilines is 1. The number of hydrogen-bond acceptors (Lipinski definition) is 5. The first-order chi connectivity index (χ1) is 12.2. The van der Waals surface area contributed by atoms with Crippen molar-refractivity contribution in [3.05, 3.63) is 29.7 Å². The van der Waals surface area contributed by atoms with Gasteiger partial charge in [-0.05, 0) is 18.4 Å². The zero-order valence-electron chi connectivity index (χ0n) is 14.8. The van der Waals surface area contributed by atoms with E-state index in [-0.39, 0.29) is 30.2 Å². The Kier molecular flexibility index (Phi) is 5.95. The van der Waals surface area contributed by atoms with Crippen LogP contribution in [0.15, 0.2) is 18.5 Å². The van der Waals surface area contributed by atoms with Crippen LogP contribution in [0.25, 0.3) is 0 Å². The maximum Gasteiger partial charge on any atom is 0.230 e. The lowest BCUT2D eigenvalue weighted by atomic mass is 9.90. The molecule has 0 aromatic carbocycles. The lowest BCUT2D eigenvalue weighted by molar-refractivity contribution is -0.119. The number of aromatic nitrogens is 4. The molecule has 0 radical (unpaired) electrons. The summed E-state index contributed by atoms with van der Waals surface area (Å²) in [6.45, 7) is 3.03. The highest BCUT2D eigenvalue weighted by Crippen LogP contribution is 2.30. The summed E-state index contributed by atoms with van der Waals surface area (Å²) in [5.41, 5.74) is 2.17. The highest BCUT2D eigenvalue weighted by atomic mass is 35.5. The molecule has 26 heavy (non-hydrogen) atoms. The van der Waals surface area contributed by atoms with E-state index in [1.165, 1.54) is 0 Å². The van der Waals surface area contributed by atoms with Crippen LogP contribution in [0.5, 0.6) is 0 Å². The fourth-order valence-electron chi connectivity index (χ4n) is 3.77. The fraction of sp³-hybridized carbons (Fsp3) is 0.588. The van der Waals surface area contributed by atoms with Crippen molar-refractivity contribution in [3.8, 4) is 0 Å². The Morgan fingerprint density at radius 1 is 1.35 bits per heavy atom. The fourth-order valence-corrected chi connectivity index (χ4v) is 3.77. The molecule has 2 aliphatic rings. The Bertz CT molecular complexity index is 739. The van der Waals surface area contributed by atoms with Crippen LogP contribution in [-0.4, -0.2) is 52.2 Å². The minimum atomic E-state index is -0.118. The van der Waals surface area contributed by atoms with Crippen molar-refractivity contribution in [3.63, 3.8) is 0 Å². The van der Waals surface area contributed by atoms with E-state index in [1.54, 1.807) is 4.68 Å². The van der Waals surface area contributed by atoms with Crippen LogP contribution in [0, 0.1) is 5.92 Å². The lowest BCUT2D eigenvalue weighted by Crippen LogP contribution is -2.28. The highest BCUT2D eigenvalue weighted by molar-refractivity contribution is 5.92. The maximum absolute atomic E-state index is 12.7. The number of halogens is 1. The van der Waals surface area contributed by atoms with Gasteiger partial charge in [-0.25, -0.2) is 0 Å². The number of hydrogen-bond donors (Lipinski definition) is 3. The Morgan fingerprint density at radius 3 is 2.88 bits per heavy atom. The summed E-state index contributed by atoms with van der Waals surface area (Å²) in [7, 11) is 1.89. The van der Waals surface area contributed by atoms with E-state index in [0.717, 1.165) is 43.9 Å². The molecule has 8 nitrogen and oxygen atoms in total. The molecule has 0 unspecified atom stereocenters. The van der Waals surface area contributed by atoms with Gasteiger partial charge in [-0.2, -0.15) is 10.2 Å². The van der Waals surface area contributed by atoms with Crippen molar-refractivity contribution < 1.29 is 9.53 Å². The van der Waals surface area contributed by atoms with E-state index < -0.39 is 0 Å². The predicted molar refractivity (Wildman–Crippen MR) is 99.6 cm³/mol. The Morgan fingerprint density at radius 2 is 2.15 bits per heavy atom. The topological polar surface area (TPSA) is 96.9 Å². The van der Waals surface area contributed by atoms with Crippen LogP contribution in [0.1, 0.15) is 35.9 Å². The quantitative estimate of drug-likeness (QED) is 0.745. The van der Waals surface area contributed by atoms with Gasteiger partial charge < -0.3 is 15.4 Å². The smallest absolute Gasteiger partial charge is 0.230 e. The van der Waals surface area contributed by atoms with E-state index in [4.69, 9.17) is 4.74 Å². The summed E-state index contributed by atoms with van der Waals surface area (Å²) in [5, 5.41) is 17.8. The second-order valence-corrected chi connectivity index (χ2v) is 6.90. The number of amides is 1. The first-order valence-corrected chi connectivity index (χ1v) is 8.84. The first kappa shape index (κ1) is 18.9. The van der Waals surface area contributed by atoms with Crippen LogP contribution >= 0.6 is 12.4 Å². The molecule has 2 atom stereocenters. The Balaban J connectivity index is 0.00000196. The van der Waals surface area contributed by atoms with Gasteiger partial charge in [0.2, 0.25) is 5.91 Å². The third-order valence-electron chi connectivity index (χ3n) is 5.21. The molecule has 9 heteroatoms. The lowest BCUT2D eigenvalue weighted by Gasteiger charge is -2.20. The molecule has 2 aromatic heterocycles. The minimum Gasteiger partial charge on any atom is -0.381 e. The van der Waals surface area contributed by atoms with Gasteiger partial charge in [0.25, 0.3) is 0 Å². The normalized spacial score (nSPS) is 23.6. The van der Waals surface area contributed by atoms with Crippen molar-refractivity contribution in [2.45, 2.75) is 24.7 Å². The second kappa shape index (κ2) is 8.20. The van der Waals surface area contributed by atoms with Crippen molar-refractivity contribution in [2.24, 2.45) is 13.0 Å². The number of carbonyl (C=O) groups is 1. The van der Waals surface area contributed by atoms with E-state index in [2.05, 4.69) is 25.9 Å². The number of H-pyrrole nitrogens is 1. The third-order valence-corrected chi connectivity index (χ3v) is 5.21. The number of nitrogens with zero attached hydrogens (tertiary/aromatic N) is 3. The first-order valence-electron chi connectivity index (χ1n) is 8.84. The summed E-state index contributed by atoms with van der Waals surface area (Å²) in [6, 6.07) is 1.95. The van der Waals surface area contributed by atoms with Crippen LogP contribution in [0.3, 0.4) is 0 Å². The number of nitrogens with one attached hydrogen (secondary N) is 3. The molecule has 3 N–H and O–H groups in total. The molecule has 142 valence electrons. The number of rotatable bonds is 4. The summed E-state index contributed by atoms with van der Waals surface area (Å²) < 4.78 is 7.17. The number of aryl methyl sites for hydroxylation is 1. The van der Waals surface area contributed by atoms with Crippen LogP contribution in [0.4, 0.5) is 5.82 Å². The van der Waals surface area contributed by atoms with Crippen LogP contribution < -0.4 is 10.6 Å². The Hall–Kier alpha value is -1.90. The molecule has 2 fully saturated rings. The van der Waals surface area contributed by atoms with Gasteiger partial charge in [0.05, 0.1) is 12.1 Å². The van der Waals surface area contributed by atoms with Crippen LogP contribution in [-0.2, 0) is 16.6 Å². The zero-order chi connectivity index (χ0) is 17.2. The molecule has 2 saturated heterocycles. The molecular formula is C17H25ClN6O2. The highest BCUT2D eigenvalue weighted by Gasteiger charge is 2.35. The van der Waals surface area contributed by atoms with Crippen molar-refractivity contribution >= 4 is 24.1 Å². The average Bonchev–Trinajstić information content (AvgIpc) is 3.35. The molecule has 0 bridgehead atoms. The number of aromatic amines is 1. The second-order valence-electron chi connectivity index (χ2n) is 6.90. The standard InChI is InChI=1S/C17H24N6O2.ClH/c1-23-10-12(7-19-23)13-8-18-9-14(13)17(24)20-16-6-15(21-22-16)11-2-4-25-5-3-11;/h6-7,10-11,13-14,18H,2-5,8-9H2,1H3,(H2,20,21,22,24);1H/t13-,14+;/m1./s1. The summed E-state index contributed by atoms with van der Waals surface area (Å²) in [6.07, 6.45) is 5.81. The summed E-state index contributed by atoms with van der Waals surface area (Å²) >= 11 is 0. The predicted octanol–water partition coefficient (Wildman–Crippen LogP) is 1.40. The van der Waals surface area contributed by atoms with Gasteiger partial charge in [0, 0.05) is 63.1 Å². The zero-order valence-corrected chi connectivity index (χ0v) is 15.6. The molecule has 1 amide bonds. The van der Waals surface area contributed by atoms with Crippen LogP contribution in [0.2, 0.25) is 0 Å². The molecule has 4 rings (SSSR count). The minimum absolute atomic E-state index is 0. The SMILES string of the molecule is Cl.Cn1cc([C@H]2CNC[C@@H]2C(=O)Nc2cc(C3CCOCC3)[nH]n2)cn1. The van der Waals surface area contributed by atoms with Gasteiger partial charge in [-0.1, -0.05) is 0 Å². The van der Waals surface area contributed by atoms with Gasteiger partial charge in [0.15, 0.2) is 5.82 Å². The monoisotopic (exact) mass is 380 g/mol. The average molecular weight is 381 g/mol. The largest absolute Gasteiger partial charge is 0.381 e. The molecule has 0 aliphatic carbocycles. The number of ether oxygens (including phenoxy) is 1. The van der Waals surface area contributed by atoms with E-state index in [9.17, 15) is 4.79 Å². The molecule has 2 aliphatic heterocycles. The summed E-state index contributed by atoms with van der Waals surface area (Å²) in [4.78, 5) is 12.7. The molecule has 0 saturated carbocycles. The summed E-state index contributed by atoms with van der Waals surface area (Å²) in [5.74, 6) is 1.06. The Labute approximate surface area is 158 Å². The van der Waals surface area contributed by atoms with Gasteiger partial charge in [0.1, 0.15) is 0 Å². The number of carbonyl (C=O) groups excluding carboxylic acids is 1.